The van der Waals surface area contributed by atoms with Crippen molar-refractivity contribution in [3.05, 3.63) is 82.9 Å². The van der Waals surface area contributed by atoms with Crippen LogP contribution in [0.4, 0.5) is 11.4 Å². The fourth-order valence-corrected chi connectivity index (χ4v) is 8.02. The fourth-order valence-electron chi connectivity index (χ4n) is 8.02. The highest BCUT2D eigenvalue weighted by Gasteiger charge is 2.31. The molecule has 0 atom stereocenters. The molecule has 2 saturated heterocycles. The molecule has 0 aromatic heterocycles. The molecule has 4 aromatic carbocycles. The van der Waals surface area contributed by atoms with Gasteiger partial charge in [-0.2, -0.15) is 0 Å². The molecule has 8 rings (SSSR count). The van der Waals surface area contributed by atoms with Crippen molar-refractivity contribution in [2.24, 2.45) is 11.8 Å². The third kappa shape index (κ3) is 4.74. The molecule has 0 radical (unpaired) electrons. The van der Waals surface area contributed by atoms with Gasteiger partial charge in [0.25, 0.3) is 0 Å². The molecule has 0 aliphatic carbocycles. The number of hydrogen-bond donors (Lipinski definition) is 0. The van der Waals surface area contributed by atoms with Crippen molar-refractivity contribution < 1.29 is 28.7 Å². The number of carbonyl (C=O) groups excluding carboxylic acids is 4. The molecule has 4 aromatic rings. The Balaban J connectivity index is 0.853. The Labute approximate surface area is 260 Å². The van der Waals surface area contributed by atoms with Crippen LogP contribution in [0.5, 0.6) is 0 Å². The first-order chi connectivity index (χ1) is 22.0. The summed E-state index contributed by atoms with van der Waals surface area (Å²) in [6, 6.07) is 18.8. The van der Waals surface area contributed by atoms with E-state index in [0.717, 1.165) is 74.0 Å². The number of cyclic esters (lactones) is 4. The van der Waals surface area contributed by atoms with Crippen molar-refractivity contribution in [1.82, 2.24) is 0 Å². The average Bonchev–Trinajstić information content (AvgIpc) is 3.06. The molecule has 8 nitrogen and oxygen atoms in total. The van der Waals surface area contributed by atoms with Crippen molar-refractivity contribution >= 4 is 56.8 Å². The van der Waals surface area contributed by atoms with Gasteiger partial charge in [0, 0.05) is 59.1 Å². The zero-order valence-corrected chi connectivity index (χ0v) is 25.1. The smallest absolute Gasteiger partial charge is 0.346 e. The van der Waals surface area contributed by atoms with Gasteiger partial charge in [0.2, 0.25) is 0 Å². The number of carbonyl (C=O) groups is 4. The summed E-state index contributed by atoms with van der Waals surface area (Å²) in [6.07, 6.45) is 8.31. The van der Waals surface area contributed by atoms with Crippen LogP contribution in [0.2, 0.25) is 0 Å². The SMILES string of the molecule is O=C1OC(=O)c2ccc(N3CCC(CCCC4CCN(c5ccc6c7c(cccc57)C(=O)OC6=O)CC4)CC3)c3cccc1c23. The quantitative estimate of drug-likeness (QED) is 0.174. The third-order valence-corrected chi connectivity index (χ3v) is 10.4. The van der Waals surface area contributed by atoms with Gasteiger partial charge < -0.3 is 19.3 Å². The molecule has 4 aliphatic rings. The van der Waals surface area contributed by atoms with Crippen LogP contribution in [-0.4, -0.2) is 50.1 Å². The van der Waals surface area contributed by atoms with Crippen LogP contribution < -0.4 is 9.80 Å². The van der Waals surface area contributed by atoms with Gasteiger partial charge in [-0.25, -0.2) is 19.2 Å². The molecular weight excluding hydrogens is 568 g/mol. The Morgan fingerprint density at radius 2 is 0.889 bits per heavy atom. The predicted molar refractivity (Wildman–Crippen MR) is 171 cm³/mol. The first kappa shape index (κ1) is 27.8. The average molecular weight is 603 g/mol. The van der Waals surface area contributed by atoms with Crippen molar-refractivity contribution in [2.45, 2.75) is 44.9 Å². The number of esters is 4. The molecule has 0 bridgehead atoms. The van der Waals surface area contributed by atoms with Crippen LogP contribution in [0, 0.1) is 11.8 Å². The number of piperidine rings is 2. The van der Waals surface area contributed by atoms with Gasteiger partial charge in [0.05, 0.1) is 22.3 Å². The van der Waals surface area contributed by atoms with E-state index in [1.165, 1.54) is 19.3 Å². The van der Waals surface area contributed by atoms with Crippen LogP contribution in [0.25, 0.3) is 21.5 Å². The zero-order chi connectivity index (χ0) is 30.7. The van der Waals surface area contributed by atoms with E-state index in [1.54, 1.807) is 24.3 Å². The molecule has 0 unspecified atom stereocenters. The third-order valence-electron chi connectivity index (χ3n) is 10.4. The summed E-state index contributed by atoms with van der Waals surface area (Å²) in [5.41, 5.74) is 4.04. The van der Waals surface area contributed by atoms with E-state index in [4.69, 9.17) is 9.47 Å². The second-order valence-electron chi connectivity index (χ2n) is 12.9. The van der Waals surface area contributed by atoms with Gasteiger partial charge in [-0.1, -0.05) is 43.5 Å². The molecule has 4 aliphatic heterocycles. The lowest BCUT2D eigenvalue weighted by Crippen LogP contribution is -2.35. The van der Waals surface area contributed by atoms with E-state index in [2.05, 4.69) is 9.80 Å². The van der Waals surface area contributed by atoms with Gasteiger partial charge >= 0.3 is 23.9 Å². The van der Waals surface area contributed by atoms with Crippen LogP contribution in [0.15, 0.2) is 60.7 Å². The number of anilines is 2. The van der Waals surface area contributed by atoms with Gasteiger partial charge in [-0.3, -0.25) is 0 Å². The first-order valence-electron chi connectivity index (χ1n) is 16.1. The monoisotopic (exact) mass is 602 g/mol. The second-order valence-corrected chi connectivity index (χ2v) is 12.9. The largest absolute Gasteiger partial charge is 0.386 e. The highest BCUT2D eigenvalue weighted by atomic mass is 16.6. The number of benzene rings is 4. The summed E-state index contributed by atoms with van der Waals surface area (Å²) in [5, 5.41) is 3.33. The van der Waals surface area contributed by atoms with Crippen molar-refractivity contribution in [2.75, 3.05) is 36.0 Å². The molecule has 0 spiro atoms. The van der Waals surface area contributed by atoms with Crippen LogP contribution in [0.1, 0.15) is 86.4 Å². The van der Waals surface area contributed by atoms with E-state index in [9.17, 15) is 19.2 Å². The lowest BCUT2D eigenvalue weighted by Gasteiger charge is -2.36. The van der Waals surface area contributed by atoms with Crippen LogP contribution in [0.3, 0.4) is 0 Å². The molecule has 0 N–H and O–H groups in total. The maximum absolute atomic E-state index is 12.3. The van der Waals surface area contributed by atoms with Gasteiger partial charge in [-0.05, 0) is 73.9 Å². The highest BCUT2D eigenvalue weighted by Crippen LogP contribution is 2.39. The van der Waals surface area contributed by atoms with Crippen molar-refractivity contribution in [3.63, 3.8) is 0 Å². The summed E-state index contributed by atoms with van der Waals surface area (Å²) in [6.45, 7) is 3.88. The molecular formula is C37H34N2O6. The number of nitrogens with zero attached hydrogens (tertiary/aromatic N) is 2. The van der Waals surface area contributed by atoms with E-state index in [-0.39, 0.29) is 0 Å². The van der Waals surface area contributed by atoms with Crippen molar-refractivity contribution in [3.8, 4) is 0 Å². The minimum absolute atomic E-state index is 0.466. The highest BCUT2D eigenvalue weighted by molar-refractivity contribution is 6.23. The Kier molecular flexibility index (Phi) is 6.81. The molecule has 228 valence electrons. The van der Waals surface area contributed by atoms with Gasteiger partial charge in [0.1, 0.15) is 0 Å². The van der Waals surface area contributed by atoms with Crippen molar-refractivity contribution in [1.29, 1.82) is 0 Å². The normalized spacial score (nSPS) is 18.9. The minimum Gasteiger partial charge on any atom is -0.386 e. The van der Waals surface area contributed by atoms with Gasteiger partial charge in [0.15, 0.2) is 0 Å². The molecule has 0 amide bonds. The summed E-state index contributed by atoms with van der Waals surface area (Å²) in [7, 11) is 0. The van der Waals surface area contributed by atoms with E-state index in [1.807, 2.05) is 36.4 Å². The minimum atomic E-state index is -0.567. The van der Waals surface area contributed by atoms with Crippen LogP contribution in [-0.2, 0) is 9.47 Å². The predicted octanol–water partition coefficient (Wildman–Crippen LogP) is 6.92. The molecule has 2 fully saturated rings. The Morgan fingerprint density at radius 1 is 0.511 bits per heavy atom. The summed E-state index contributed by atoms with van der Waals surface area (Å²) < 4.78 is 9.85. The van der Waals surface area contributed by atoms with E-state index in [0.29, 0.717) is 44.9 Å². The standard InChI is InChI=1S/C37H34N2O6/c40-34-26-8-2-6-24-30(12-10-28(32(24)26)36(42)44-34)38-18-14-22(15-19-38)4-1-5-23-16-20-39(21-17-23)31-13-11-29-33-25(31)7-3-9-27(33)35(41)45-37(29)43/h2-3,6-13,22-23H,1,4-5,14-21H2. The molecule has 0 saturated carbocycles. The summed E-state index contributed by atoms with van der Waals surface area (Å²) in [4.78, 5) is 54.1. The maximum atomic E-state index is 12.3. The summed E-state index contributed by atoms with van der Waals surface area (Å²) in [5.74, 6) is -0.844. The number of rotatable bonds is 6. The Bertz CT molecular complexity index is 1720. The topological polar surface area (TPSA) is 93.2 Å². The maximum Gasteiger partial charge on any atom is 0.346 e. The zero-order valence-electron chi connectivity index (χ0n) is 25.1. The summed E-state index contributed by atoms with van der Waals surface area (Å²) >= 11 is 0. The fraction of sp³-hybridized carbons (Fsp3) is 0.351. The van der Waals surface area contributed by atoms with E-state index < -0.39 is 23.9 Å². The molecule has 45 heavy (non-hydrogen) atoms. The number of hydrogen-bond acceptors (Lipinski definition) is 8. The Hall–Kier alpha value is -4.72. The van der Waals surface area contributed by atoms with Crippen LogP contribution >= 0.6 is 0 Å². The van der Waals surface area contributed by atoms with E-state index >= 15 is 0 Å². The van der Waals surface area contributed by atoms with Gasteiger partial charge in [-0.15, -0.1) is 0 Å². The lowest BCUT2D eigenvalue weighted by molar-refractivity contribution is 0.0373. The lowest BCUT2D eigenvalue weighted by atomic mass is 9.86. The first-order valence-corrected chi connectivity index (χ1v) is 16.1. The second kappa shape index (κ2) is 11.0. The number of ether oxygens (including phenoxy) is 2. The Morgan fingerprint density at radius 3 is 1.29 bits per heavy atom. The molecule has 4 heterocycles. The molecule has 8 heteroatoms.